The molecule has 0 aromatic carbocycles. The molecule has 0 aliphatic carbocycles. The van der Waals surface area contributed by atoms with Gasteiger partial charge < -0.3 is 10.6 Å². The summed E-state index contributed by atoms with van der Waals surface area (Å²) in [5.41, 5.74) is 5.83. The van der Waals surface area contributed by atoms with Gasteiger partial charge in [0.2, 0.25) is 0 Å². The highest BCUT2D eigenvalue weighted by Gasteiger charge is 2.24. The largest absolute Gasteiger partial charge is 0.329 e. The molecule has 1 unspecified atom stereocenters. The Kier molecular flexibility index (Phi) is 3.91. The van der Waals surface area contributed by atoms with Crippen molar-refractivity contribution in [2.75, 3.05) is 33.2 Å². The highest BCUT2D eigenvalue weighted by Crippen LogP contribution is 2.17. The minimum absolute atomic E-state index is 0.487. The Morgan fingerprint density at radius 1 is 1.56 bits per heavy atom. The quantitative estimate of drug-likeness (QED) is 0.837. The van der Waals surface area contributed by atoms with E-state index in [0.29, 0.717) is 6.04 Å². The molecule has 0 bridgehead atoms. The van der Waals surface area contributed by atoms with Gasteiger partial charge in [0.1, 0.15) is 0 Å². The van der Waals surface area contributed by atoms with Crippen molar-refractivity contribution in [1.29, 1.82) is 0 Å². The van der Waals surface area contributed by atoms with Gasteiger partial charge in [-0.25, -0.2) is 4.98 Å². The number of nitrogens with two attached hydrogens (primary N) is 1. The number of hydrogen-bond acceptors (Lipinski definition) is 5. The Morgan fingerprint density at radius 2 is 2.38 bits per heavy atom. The number of hydrogen-bond donors (Lipinski definition) is 1. The SMILES string of the molecule is Cc1ncc(CN2CCN(C)CC2CN)s1. The normalized spacial score (nSPS) is 23.8. The van der Waals surface area contributed by atoms with Gasteiger partial charge in [-0.05, 0) is 14.0 Å². The summed E-state index contributed by atoms with van der Waals surface area (Å²) in [6, 6.07) is 0.487. The van der Waals surface area contributed by atoms with Crippen LogP contribution in [0.25, 0.3) is 0 Å². The molecule has 16 heavy (non-hydrogen) atoms. The second kappa shape index (κ2) is 5.23. The molecule has 4 nitrogen and oxygen atoms in total. The lowest BCUT2D eigenvalue weighted by molar-refractivity contribution is 0.0889. The molecule has 1 aliphatic rings. The molecular weight excluding hydrogens is 220 g/mol. The monoisotopic (exact) mass is 240 g/mol. The summed E-state index contributed by atoms with van der Waals surface area (Å²) >= 11 is 1.79. The first-order valence-corrected chi connectivity index (χ1v) is 6.54. The van der Waals surface area contributed by atoms with E-state index in [1.807, 2.05) is 6.20 Å². The predicted molar refractivity (Wildman–Crippen MR) is 67.6 cm³/mol. The molecule has 2 heterocycles. The van der Waals surface area contributed by atoms with Gasteiger partial charge in [0, 0.05) is 49.8 Å². The zero-order valence-electron chi connectivity index (χ0n) is 10.0. The van der Waals surface area contributed by atoms with E-state index in [2.05, 4.69) is 28.8 Å². The van der Waals surface area contributed by atoms with Crippen molar-refractivity contribution in [3.05, 3.63) is 16.1 Å². The van der Waals surface area contributed by atoms with E-state index >= 15 is 0 Å². The minimum Gasteiger partial charge on any atom is -0.329 e. The van der Waals surface area contributed by atoms with Gasteiger partial charge in [0.15, 0.2) is 0 Å². The van der Waals surface area contributed by atoms with E-state index in [9.17, 15) is 0 Å². The summed E-state index contributed by atoms with van der Waals surface area (Å²) in [5, 5.41) is 1.15. The molecule has 1 aromatic rings. The van der Waals surface area contributed by atoms with Crippen LogP contribution in [-0.2, 0) is 6.54 Å². The second-order valence-electron chi connectivity index (χ2n) is 4.47. The number of aromatic nitrogens is 1. The topological polar surface area (TPSA) is 45.4 Å². The third-order valence-electron chi connectivity index (χ3n) is 3.11. The van der Waals surface area contributed by atoms with Gasteiger partial charge in [0.05, 0.1) is 5.01 Å². The van der Waals surface area contributed by atoms with Crippen molar-refractivity contribution < 1.29 is 0 Å². The summed E-state index contributed by atoms with van der Waals surface area (Å²) in [7, 11) is 2.16. The van der Waals surface area contributed by atoms with Crippen molar-refractivity contribution in [3.63, 3.8) is 0 Å². The number of rotatable bonds is 3. The highest BCUT2D eigenvalue weighted by atomic mass is 32.1. The molecule has 90 valence electrons. The summed E-state index contributed by atoms with van der Waals surface area (Å²) < 4.78 is 0. The van der Waals surface area contributed by atoms with Gasteiger partial charge >= 0.3 is 0 Å². The van der Waals surface area contributed by atoms with Crippen molar-refractivity contribution in [3.8, 4) is 0 Å². The van der Waals surface area contributed by atoms with E-state index in [1.54, 1.807) is 11.3 Å². The fourth-order valence-electron chi connectivity index (χ4n) is 2.16. The van der Waals surface area contributed by atoms with Gasteiger partial charge in [0.25, 0.3) is 0 Å². The Labute approximate surface area is 101 Å². The summed E-state index contributed by atoms with van der Waals surface area (Å²) in [4.78, 5) is 10.5. The predicted octanol–water partition coefficient (Wildman–Crippen LogP) is 0.526. The average Bonchev–Trinajstić information content (AvgIpc) is 2.67. The Hall–Kier alpha value is -0.490. The van der Waals surface area contributed by atoms with Gasteiger partial charge in [-0.2, -0.15) is 0 Å². The van der Waals surface area contributed by atoms with E-state index in [0.717, 1.165) is 37.7 Å². The number of likely N-dealkylation sites (N-methyl/N-ethyl adjacent to an activating group) is 1. The molecular formula is C11H20N4S. The minimum atomic E-state index is 0.487. The Balaban J connectivity index is 1.97. The molecule has 1 atom stereocenters. The van der Waals surface area contributed by atoms with Gasteiger partial charge in [-0.3, -0.25) is 4.90 Å². The number of nitrogens with zero attached hydrogens (tertiary/aromatic N) is 3. The molecule has 0 radical (unpaired) electrons. The third kappa shape index (κ3) is 2.79. The van der Waals surface area contributed by atoms with Crippen LogP contribution in [0.5, 0.6) is 0 Å². The summed E-state index contributed by atoms with van der Waals surface area (Å²) in [5.74, 6) is 0. The maximum absolute atomic E-state index is 5.83. The first-order chi connectivity index (χ1) is 7.69. The van der Waals surface area contributed by atoms with E-state index < -0.39 is 0 Å². The Bertz CT molecular complexity index is 338. The molecule has 2 N–H and O–H groups in total. The molecule has 1 fully saturated rings. The maximum atomic E-state index is 5.83. The van der Waals surface area contributed by atoms with E-state index in [-0.39, 0.29) is 0 Å². The maximum Gasteiger partial charge on any atom is 0.0897 e. The van der Waals surface area contributed by atoms with Gasteiger partial charge in [-0.1, -0.05) is 0 Å². The van der Waals surface area contributed by atoms with Crippen LogP contribution in [0.3, 0.4) is 0 Å². The van der Waals surface area contributed by atoms with Crippen molar-refractivity contribution in [1.82, 2.24) is 14.8 Å². The lowest BCUT2D eigenvalue weighted by Gasteiger charge is -2.39. The molecule has 5 heteroatoms. The van der Waals surface area contributed by atoms with Crippen molar-refractivity contribution in [2.24, 2.45) is 5.73 Å². The number of thiazole rings is 1. The highest BCUT2D eigenvalue weighted by molar-refractivity contribution is 7.11. The van der Waals surface area contributed by atoms with Gasteiger partial charge in [-0.15, -0.1) is 11.3 Å². The van der Waals surface area contributed by atoms with Crippen LogP contribution >= 0.6 is 11.3 Å². The molecule has 1 aromatic heterocycles. The molecule has 1 saturated heterocycles. The number of piperazine rings is 1. The van der Waals surface area contributed by atoms with Crippen LogP contribution < -0.4 is 5.73 Å². The zero-order chi connectivity index (χ0) is 11.5. The second-order valence-corrected chi connectivity index (χ2v) is 5.79. The van der Waals surface area contributed by atoms with Crippen LogP contribution in [0.1, 0.15) is 9.88 Å². The molecule has 0 saturated carbocycles. The average molecular weight is 240 g/mol. The molecule has 0 amide bonds. The molecule has 0 spiro atoms. The van der Waals surface area contributed by atoms with Crippen LogP contribution in [0.15, 0.2) is 6.20 Å². The molecule has 1 aliphatic heterocycles. The first kappa shape index (κ1) is 12.0. The first-order valence-electron chi connectivity index (χ1n) is 5.73. The van der Waals surface area contributed by atoms with Crippen LogP contribution in [0.4, 0.5) is 0 Å². The fraction of sp³-hybridized carbons (Fsp3) is 0.727. The van der Waals surface area contributed by atoms with E-state index in [4.69, 9.17) is 5.73 Å². The summed E-state index contributed by atoms with van der Waals surface area (Å²) in [6.07, 6.45) is 1.99. The van der Waals surface area contributed by atoms with Crippen LogP contribution in [0.2, 0.25) is 0 Å². The van der Waals surface area contributed by atoms with Crippen molar-refractivity contribution in [2.45, 2.75) is 19.5 Å². The number of aryl methyl sites for hydroxylation is 1. The van der Waals surface area contributed by atoms with Crippen LogP contribution in [-0.4, -0.2) is 54.1 Å². The lowest BCUT2D eigenvalue weighted by atomic mass is 10.1. The molecule has 2 rings (SSSR count). The standard InChI is InChI=1S/C11H20N4S/c1-9-13-6-11(16-9)8-15-4-3-14(2)7-10(15)5-12/h6,10H,3-5,7-8,12H2,1-2H3. The van der Waals surface area contributed by atoms with Crippen LogP contribution in [0, 0.1) is 6.92 Å². The zero-order valence-corrected chi connectivity index (χ0v) is 10.8. The fourth-order valence-corrected chi connectivity index (χ4v) is 2.98. The third-order valence-corrected chi connectivity index (χ3v) is 4.01. The smallest absolute Gasteiger partial charge is 0.0897 e. The summed E-state index contributed by atoms with van der Waals surface area (Å²) in [6.45, 7) is 7.11. The lowest BCUT2D eigenvalue weighted by Crippen LogP contribution is -2.54. The van der Waals surface area contributed by atoms with E-state index in [1.165, 1.54) is 4.88 Å². The Morgan fingerprint density at radius 3 is 3.00 bits per heavy atom. The van der Waals surface area contributed by atoms with Crippen molar-refractivity contribution >= 4 is 11.3 Å².